The Morgan fingerprint density at radius 1 is 1.47 bits per heavy atom. The van der Waals surface area contributed by atoms with Gasteiger partial charge in [0.15, 0.2) is 5.78 Å². The molecule has 0 unspecified atom stereocenters. The Labute approximate surface area is 119 Å². The molecule has 1 aliphatic rings. The molecule has 2 N–H and O–H groups in total. The predicted octanol–water partition coefficient (Wildman–Crippen LogP) is 3.89. The molecule has 2 rings (SSSR count). The summed E-state index contributed by atoms with van der Waals surface area (Å²) in [6, 6.07) is 0. The molecule has 1 aliphatic carbocycles. The van der Waals surface area contributed by atoms with Crippen LogP contribution in [0.3, 0.4) is 0 Å². The summed E-state index contributed by atoms with van der Waals surface area (Å²) >= 11 is 1.59. The molecular weight excluding hydrogens is 256 g/mol. The second-order valence-electron chi connectivity index (χ2n) is 5.83. The van der Waals surface area contributed by atoms with Crippen LogP contribution in [-0.2, 0) is 0 Å². The standard InChI is InChI=1S/C15H24N2OS/c1-5-17(8-9(2)3)15-12(11-6-7-11)13(16)14(19-15)10(4)18/h9,11H,5-8,16H2,1-4H3. The van der Waals surface area contributed by atoms with Gasteiger partial charge < -0.3 is 10.6 Å². The summed E-state index contributed by atoms with van der Waals surface area (Å²) in [5.74, 6) is 1.29. The first-order valence-electron chi connectivity index (χ1n) is 7.13. The van der Waals surface area contributed by atoms with Gasteiger partial charge in [-0.2, -0.15) is 0 Å². The first-order valence-corrected chi connectivity index (χ1v) is 7.95. The highest BCUT2D eigenvalue weighted by molar-refractivity contribution is 7.18. The number of nitrogens with two attached hydrogens (primary N) is 1. The van der Waals surface area contributed by atoms with Gasteiger partial charge in [0.1, 0.15) is 0 Å². The van der Waals surface area contributed by atoms with Gasteiger partial charge in [0.05, 0.1) is 15.6 Å². The van der Waals surface area contributed by atoms with Gasteiger partial charge in [-0.15, -0.1) is 11.3 Å². The number of carbonyl (C=O) groups excluding carboxylic acids is 1. The van der Waals surface area contributed by atoms with E-state index in [0.717, 1.165) is 23.7 Å². The quantitative estimate of drug-likeness (QED) is 0.804. The SMILES string of the molecule is CCN(CC(C)C)c1sc(C(C)=O)c(N)c1C1CC1. The van der Waals surface area contributed by atoms with Gasteiger partial charge in [-0.25, -0.2) is 0 Å². The molecule has 106 valence electrons. The lowest BCUT2D eigenvalue weighted by atomic mass is 10.1. The average Bonchev–Trinajstić information content (AvgIpc) is 3.09. The third-order valence-electron chi connectivity index (χ3n) is 3.52. The maximum Gasteiger partial charge on any atom is 0.171 e. The molecule has 1 heterocycles. The topological polar surface area (TPSA) is 46.3 Å². The summed E-state index contributed by atoms with van der Waals surface area (Å²) in [6.45, 7) is 10.2. The van der Waals surface area contributed by atoms with E-state index in [9.17, 15) is 4.79 Å². The number of nitrogens with zero attached hydrogens (tertiary/aromatic N) is 1. The smallest absolute Gasteiger partial charge is 0.171 e. The minimum atomic E-state index is 0.0938. The van der Waals surface area contributed by atoms with Crippen molar-refractivity contribution in [3.8, 4) is 0 Å². The number of nitrogen functional groups attached to an aromatic ring is 1. The Kier molecular flexibility index (Phi) is 4.19. The lowest BCUT2D eigenvalue weighted by molar-refractivity contribution is 0.102. The van der Waals surface area contributed by atoms with Crippen LogP contribution in [0.4, 0.5) is 10.7 Å². The van der Waals surface area contributed by atoms with Gasteiger partial charge in [-0.3, -0.25) is 4.79 Å². The Morgan fingerprint density at radius 2 is 2.11 bits per heavy atom. The lowest BCUT2D eigenvalue weighted by Gasteiger charge is -2.25. The molecule has 3 nitrogen and oxygen atoms in total. The molecule has 0 atom stereocenters. The van der Waals surface area contributed by atoms with E-state index >= 15 is 0 Å². The van der Waals surface area contributed by atoms with E-state index in [0.29, 0.717) is 11.8 Å². The number of carbonyl (C=O) groups is 1. The number of thiophene rings is 1. The Hall–Kier alpha value is -1.03. The Balaban J connectivity index is 2.42. The van der Waals surface area contributed by atoms with Crippen molar-refractivity contribution in [2.45, 2.75) is 46.5 Å². The number of hydrogen-bond donors (Lipinski definition) is 1. The van der Waals surface area contributed by atoms with Crippen LogP contribution in [0, 0.1) is 5.92 Å². The molecular formula is C15H24N2OS. The van der Waals surface area contributed by atoms with Crippen LogP contribution in [0.15, 0.2) is 0 Å². The van der Waals surface area contributed by atoms with Crippen molar-refractivity contribution >= 4 is 27.8 Å². The van der Waals surface area contributed by atoms with E-state index in [1.54, 1.807) is 18.3 Å². The highest BCUT2D eigenvalue weighted by Crippen LogP contribution is 2.52. The van der Waals surface area contributed by atoms with Crippen LogP contribution in [-0.4, -0.2) is 18.9 Å². The van der Waals surface area contributed by atoms with Crippen molar-refractivity contribution in [1.82, 2.24) is 0 Å². The summed E-state index contributed by atoms with van der Waals surface area (Å²) in [6.07, 6.45) is 2.43. The molecule has 1 aromatic heterocycles. The first kappa shape index (κ1) is 14.4. The molecule has 0 radical (unpaired) electrons. The third-order valence-corrected chi connectivity index (χ3v) is 4.91. The first-order chi connectivity index (χ1) is 8.95. The molecule has 1 saturated carbocycles. The number of ketones is 1. The number of anilines is 2. The van der Waals surface area contributed by atoms with Crippen molar-refractivity contribution in [1.29, 1.82) is 0 Å². The molecule has 0 aliphatic heterocycles. The summed E-state index contributed by atoms with van der Waals surface area (Å²) in [5, 5.41) is 1.24. The summed E-state index contributed by atoms with van der Waals surface area (Å²) in [7, 11) is 0. The normalized spacial score (nSPS) is 15.0. The zero-order chi connectivity index (χ0) is 14.2. The lowest BCUT2D eigenvalue weighted by Crippen LogP contribution is -2.27. The molecule has 0 saturated heterocycles. The predicted molar refractivity (Wildman–Crippen MR) is 83.4 cm³/mol. The van der Waals surface area contributed by atoms with E-state index < -0.39 is 0 Å². The molecule has 0 amide bonds. The van der Waals surface area contributed by atoms with Crippen LogP contribution < -0.4 is 10.6 Å². The number of hydrogen-bond acceptors (Lipinski definition) is 4. The number of Topliss-reactive ketones (excluding diaryl/α,β-unsaturated/α-hetero) is 1. The van der Waals surface area contributed by atoms with Crippen LogP contribution in [0.25, 0.3) is 0 Å². The van der Waals surface area contributed by atoms with Gasteiger partial charge in [0.2, 0.25) is 0 Å². The van der Waals surface area contributed by atoms with Gasteiger partial charge in [-0.1, -0.05) is 13.8 Å². The zero-order valence-electron chi connectivity index (χ0n) is 12.3. The van der Waals surface area contributed by atoms with Crippen molar-refractivity contribution in [3.63, 3.8) is 0 Å². The van der Waals surface area contributed by atoms with Gasteiger partial charge in [0, 0.05) is 25.6 Å². The monoisotopic (exact) mass is 280 g/mol. The summed E-state index contributed by atoms with van der Waals surface area (Å²) < 4.78 is 0. The van der Waals surface area contributed by atoms with Gasteiger partial charge in [-0.05, 0) is 31.6 Å². The number of rotatable bonds is 6. The highest BCUT2D eigenvalue weighted by atomic mass is 32.1. The second-order valence-corrected chi connectivity index (χ2v) is 6.83. The molecule has 1 fully saturated rings. The van der Waals surface area contributed by atoms with Crippen LogP contribution in [0.1, 0.15) is 61.7 Å². The minimum Gasteiger partial charge on any atom is -0.397 e. The fourth-order valence-corrected chi connectivity index (χ4v) is 3.78. The van der Waals surface area contributed by atoms with E-state index in [2.05, 4.69) is 25.7 Å². The summed E-state index contributed by atoms with van der Waals surface area (Å²) in [5.41, 5.74) is 8.23. The van der Waals surface area contributed by atoms with E-state index in [4.69, 9.17) is 5.73 Å². The molecule has 4 heteroatoms. The van der Waals surface area contributed by atoms with Crippen LogP contribution in [0.5, 0.6) is 0 Å². The fraction of sp³-hybridized carbons (Fsp3) is 0.667. The van der Waals surface area contributed by atoms with Gasteiger partial charge in [0.25, 0.3) is 0 Å². The van der Waals surface area contributed by atoms with Crippen LogP contribution in [0.2, 0.25) is 0 Å². The van der Waals surface area contributed by atoms with Crippen molar-refractivity contribution < 1.29 is 4.79 Å². The molecule has 0 spiro atoms. The minimum absolute atomic E-state index is 0.0938. The molecule has 0 bridgehead atoms. The van der Waals surface area contributed by atoms with E-state index in [1.165, 1.54) is 23.4 Å². The maximum absolute atomic E-state index is 11.7. The Bertz CT molecular complexity index is 475. The molecule has 0 aromatic carbocycles. The Morgan fingerprint density at radius 3 is 2.53 bits per heavy atom. The van der Waals surface area contributed by atoms with Crippen molar-refractivity contribution in [2.75, 3.05) is 23.7 Å². The highest BCUT2D eigenvalue weighted by Gasteiger charge is 2.33. The third kappa shape index (κ3) is 2.94. The maximum atomic E-state index is 11.7. The van der Waals surface area contributed by atoms with E-state index in [1.807, 2.05) is 0 Å². The average molecular weight is 280 g/mol. The van der Waals surface area contributed by atoms with Crippen LogP contribution >= 0.6 is 11.3 Å². The fourth-order valence-electron chi connectivity index (χ4n) is 2.50. The second kappa shape index (κ2) is 5.53. The molecule has 19 heavy (non-hydrogen) atoms. The van der Waals surface area contributed by atoms with Gasteiger partial charge >= 0.3 is 0 Å². The van der Waals surface area contributed by atoms with Crippen molar-refractivity contribution in [2.24, 2.45) is 5.92 Å². The summed E-state index contributed by atoms with van der Waals surface area (Å²) in [4.78, 5) is 14.8. The largest absolute Gasteiger partial charge is 0.397 e. The van der Waals surface area contributed by atoms with Crippen molar-refractivity contribution in [3.05, 3.63) is 10.4 Å². The molecule has 1 aromatic rings. The zero-order valence-corrected chi connectivity index (χ0v) is 13.1. The van der Waals surface area contributed by atoms with E-state index in [-0.39, 0.29) is 5.78 Å².